The van der Waals surface area contributed by atoms with Crippen molar-refractivity contribution in [3.63, 3.8) is 0 Å². The van der Waals surface area contributed by atoms with Crippen LogP contribution < -0.4 is 0 Å². The Morgan fingerprint density at radius 3 is 2.70 bits per heavy atom. The zero-order valence-electron chi connectivity index (χ0n) is 13.2. The average molecular weight is 378 g/mol. The van der Waals surface area contributed by atoms with Gasteiger partial charge >= 0.3 is 12.1 Å². The quantitative estimate of drug-likeness (QED) is 0.490. The van der Waals surface area contributed by atoms with E-state index in [-0.39, 0.29) is 23.7 Å². The Bertz CT molecular complexity index is 1130. The molecule has 4 aromatic heterocycles. The smallest absolute Gasteiger partial charge is 0.451 e. The average Bonchev–Trinajstić information content (AvgIpc) is 3.31. The van der Waals surface area contributed by atoms with Gasteiger partial charge in [0.25, 0.3) is 0 Å². The molecule has 138 valence electrons. The maximum atomic E-state index is 12.8. The molecule has 0 aliphatic rings. The third kappa shape index (κ3) is 2.98. The van der Waals surface area contributed by atoms with Gasteiger partial charge in [0, 0.05) is 12.4 Å². The highest BCUT2D eigenvalue weighted by Gasteiger charge is 2.36. The maximum Gasteiger partial charge on any atom is 0.451 e. The molecule has 0 aliphatic heterocycles. The summed E-state index contributed by atoms with van der Waals surface area (Å²) in [4.78, 5) is 29.4. The second-order valence-electron chi connectivity index (χ2n) is 5.48. The Kier molecular flexibility index (Phi) is 3.64. The van der Waals surface area contributed by atoms with Crippen molar-refractivity contribution in [3.8, 4) is 22.9 Å². The lowest BCUT2D eigenvalue weighted by atomic mass is 10.2. The van der Waals surface area contributed by atoms with Gasteiger partial charge in [-0.05, 0) is 5.56 Å². The number of aromatic nitrogens is 8. The molecule has 4 heterocycles. The fourth-order valence-electron chi connectivity index (χ4n) is 2.53. The van der Waals surface area contributed by atoms with Gasteiger partial charge in [-0.25, -0.2) is 19.9 Å². The second kappa shape index (κ2) is 5.89. The normalized spacial score (nSPS) is 12.0. The predicted octanol–water partition coefficient (Wildman–Crippen LogP) is 1.55. The van der Waals surface area contributed by atoms with Gasteiger partial charge in [-0.1, -0.05) is 0 Å². The number of aromatic amines is 2. The monoisotopic (exact) mass is 378 g/mol. The van der Waals surface area contributed by atoms with Crippen molar-refractivity contribution in [3.05, 3.63) is 36.3 Å². The molecule has 0 saturated carbocycles. The maximum absolute atomic E-state index is 12.8. The summed E-state index contributed by atoms with van der Waals surface area (Å²) in [5.74, 6) is -2.45. The number of hydrogen-bond donors (Lipinski definition) is 3. The zero-order chi connectivity index (χ0) is 19.2. The van der Waals surface area contributed by atoms with Crippen molar-refractivity contribution < 1.29 is 23.1 Å². The third-order valence-corrected chi connectivity index (χ3v) is 3.61. The van der Waals surface area contributed by atoms with Crippen LogP contribution in [0.15, 0.2) is 24.9 Å². The van der Waals surface area contributed by atoms with Crippen LogP contribution in [0.2, 0.25) is 0 Å². The number of carbonyl (C=O) groups is 1. The van der Waals surface area contributed by atoms with Gasteiger partial charge in [0.05, 0.1) is 24.6 Å². The molecule has 0 radical (unpaired) electrons. The lowest BCUT2D eigenvalue weighted by Crippen LogP contribution is -2.07. The molecule has 3 N–H and O–H groups in total. The molecule has 0 aromatic carbocycles. The van der Waals surface area contributed by atoms with Crippen molar-refractivity contribution in [1.82, 2.24) is 39.5 Å². The lowest BCUT2D eigenvalue weighted by molar-refractivity contribution is -0.144. The molecule has 0 spiro atoms. The molecule has 0 aliphatic carbocycles. The molecular formula is C14H9F3N8O2. The van der Waals surface area contributed by atoms with E-state index in [2.05, 4.69) is 30.0 Å². The first-order valence-electron chi connectivity index (χ1n) is 7.40. The van der Waals surface area contributed by atoms with Crippen LogP contribution in [-0.4, -0.2) is 50.6 Å². The summed E-state index contributed by atoms with van der Waals surface area (Å²) in [6.07, 6.45) is 0.667. The standard InChI is InChI=1S/C14H9F3N8O2/c15-14(16,17)12-22-11(23-24-12)9-10(7-3-18-5-20-7)25-4-6(1-8(26)27)2-19-13(25)21-9/h2-5H,1H2,(H,18,20)(H,26,27)(H,22,23,24). The molecule has 4 rings (SSSR count). The fraction of sp³-hybridized carbons (Fsp3) is 0.143. The van der Waals surface area contributed by atoms with Crippen LogP contribution in [0.4, 0.5) is 13.2 Å². The summed E-state index contributed by atoms with van der Waals surface area (Å²) in [5.41, 5.74) is 1.14. The van der Waals surface area contributed by atoms with Crippen LogP contribution >= 0.6 is 0 Å². The minimum absolute atomic E-state index is 0.0333. The lowest BCUT2D eigenvalue weighted by Gasteiger charge is -2.02. The van der Waals surface area contributed by atoms with Crippen molar-refractivity contribution in [2.45, 2.75) is 12.6 Å². The molecule has 0 atom stereocenters. The number of alkyl halides is 3. The summed E-state index contributed by atoms with van der Waals surface area (Å²) < 4.78 is 39.9. The number of nitrogens with zero attached hydrogens (tertiary/aromatic N) is 6. The van der Waals surface area contributed by atoms with E-state index in [1.807, 2.05) is 5.10 Å². The van der Waals surface area contributed by atoms with E-state index in [9.17, 15) is 18.0 Å². The number of halogens is 3. The number of hydrogen-bond acceptors (Lipinski definition) is 6. The Hall–Kier alpha value is -3.77. The Morgan fingerprint density at radius 2 is 2.07 bits per heavy atom. The SMILES string of the molecule is O=C(O)Cc1cnc2nc(-c3n[nH]c(C(F)(F)F)n3)c(-c3cnc[nH]3)n2c1. The predicted molar refractivity (Wildman–Crippen MR) is 82.3 cm³/mol. The molecule has 0 amide bonds. The first-order chi connectivity index (χ1) is 12.8. The van der Waals surface area contributed by atoms with Crippen LogP contribution in [0.3, 0.4) is 0 Å². The molecule has 4 aromatic rings. The van der Waals surface area contributed by atoms with Gasteiger partial charge in [-0.3, -0.25) is 14.3 Å². The zero-order valence-corrected chi connectivity index (χ0v) is 13.2. The Labute approximate surface area is 147 Å². The number of nitrogens with one attached hydrogen (secondary N) is 2. The summed E-state index contributed by atoms with van der Waals surface area (Å²) in [5, 5.41) is 14.4. The van der Waals surface area contributed by atoms with E-state index >= 15 is 0 Å². The molecule has 0 unspecified atom stereocenters. The van der Waals surface area contributed by atoms with E-state index < -0.39 is 18.0 Å². The van der Waals surface area contributed by atoms with Crippen molar-refractivity contribution in [1.29, 1.82) is 0 Å². The number of carboxylic acids is 1. The van der Waals surface area contributed by atoms with E-state index in [1.165, 1.54) is 29.3 Å². The Balaban J connectivity index is 1.93. The second-order valence-corrected chi connectivity index (χ2v) is 5.48. The van der Waals surface area contributed by atoms with Crippen LogP contribution in [0.25, 0.3) is 28.7 Å². The van der Waals surface area contributed by atoms with Crippen LogP contribution in [-0.2, 0) is 17.4 Å². The van der Waals surface area contributed by atoms with Gasteiger partial charge in [0.15, 0.2) is 0 Å². The molecule has 0 fully saturated rings. The van der Waals surface area contributed by atoms with Crippen LogP contribution in [0.1, 0.15) is 11.4 Å². The number of imidazole rings is 2. The van der Waals surface area contributed by atoms with Crippen molar-refractivity contribution in [2.75, 3.05) is 0 Å². The molecule has 0 saturated heterocycles. The van der Waals surface area contributed by atoms with Gasteiger partial charge in [-0.2, -0.15) is 18.3 Å². The first-order valence-corrected chi connectivity index (χ1v) is 7.40. The van der Waals surface area contributed by atoms with E-state index in [1.54, 1.807) is 0 Å². The number of H-pyrrole nitrogens is 2. The molecule has 27 heavy (non-hydrogen) atoms. The largest absolute Gasteiger partial charge is 0.481 e. The van der Waals surface area contributed by atoms with Gasteiger partial charge < -0.3 is 10.1 Å². The van der Waals surface area contributed by atoms with E-state index in [0.717, 1.165) is 0 Å². The van der Waals surface area contributed by atoms with Crippen LogP contribution in [0, 0.1) is 0 Å². The number of carboxylic acid groups (broad SMARTS) is 1. The molecule has 0 bridgehead atoms. The molecule has 13 heteroatoms. The molecular weight excluding hydrogens is 369 g/mol. The van der Waals surface area contributed by atoms with Gasteiger partial charge in [-0.15, -0.1) is 0 Å². The summed E-state index contributed by atoms with van der Waals surface area (Å²) >= 11 is 0. The number of aliphatic carboxylic acids is 1. The highest BCUT2D eigenvalue weighted by Crippen LogP contribution is 2.32. The van der Waals surface area contributed by atoms with Crippen molar-refractivity contribution >= 4 is 11.7 Å². The Morgan fingerprint density at radius 1 is 1.26 bits per heavy atom. The summed E-state index contributed by atoms with van der Waals surface area (Å²) in [6, 6.07) is 0. The minimum atomic E-state index is -4.69. The first kappa shape index (κ1) is 16.7. The van der Waals surface area contributed by atoms with Crippen LogP contribution in [0.5, 0.6) is 0 Å². The third-order valence-electron chi connectivity index (χ3n) is 3.61. The van der Waals surface area contributed by atoms with E-state index in [4.69, 9.17) is 5.11 Å². The summed E-state index contributed by atoms with van der Waals surface area (Å²) in [7, 11) is 0. The van der Waals surface area contributed by atoms with Gasteiger partial charge in [0.2, 0.25) is 17.4 Å². The fourth-order valence-corrected chi connectivity index (χ4v) is 2.53. The minimum Gasteiger partial charge on any atom is -0.481 e. The van der Waals surface area contributed by atoms with Gasteiger partial charge in [0.1, 0.15) is 11.4 Å². The van der Waals surface area contributed by atoms with Crippen molar-refractivity contribution in [2.24, 2.45) is 0 Å². The topological polar surface area (TPSA) is 138 Å². The number of rotatable bonds is 4. The molecule has 10 nitrogen and oxygen atoms in total. The summed E-state index contributed by atoms with van der Waals surface area (Å²) in [6.45, 7) is 0. The highest BCUT2D eigenvalue weighted by atomic mass is 19.4. The van der Waals surface area contributed by atoms with E-state index in [0.29, 0.717) is 17.0 Å². The highest BCUT2D eigenvalue weighted by molar-refractivity contribution is 5.76. The number of fused-ring (bicyclic) bond motifs is 1.